The summed E-state index contributed by atoms with van der Waals surface area (Å²) in [4.78, 5) is 0. The van der Waals surface area contributed by atoms with E-state index >= 15 is 0 Å². The molecule has 2 aromatic heterocycles. The maximum absolute atomic E-state index is 9.61. The number of rotatable bonds is 2. The monoisotopic (exact) mass is 332 g/mol. The number of aryl methyl sites for hydroxylation is 2. The van der Waals surface area contributed by atoms with Crippen molar-refractivity contribution >= 4 is 0 Å². The molecule has 0 saturated carbocycles. The molecular formula is C18H16N6O. The normalized spacial score (nSPS) is 16.3. The standard InChI is InChI=1S/C18H16N6O/c1-11-15-16(14(10-19)17(20)25-18(15)23(2)22-11)12-4-6-13(7-5-12)24-9-3-8-21-24/h3-9,16H,20H2,1-2H3. The number of hydrogen-bond donors (Lipinski definition) is 1. The Morgan fingerprint density at radius 2 is 2.04 bits per heavy atom. The molecule has 1 aliphatic rings. The van der Waals surface area contributed by atoms with Crippen molar-refractivity contribution in [2.24, 2.45) is 12.8 Å². The number of nitrogens with two attached hydrogens (primary N) is 1. The van der Waals surface area contributed by atoms with E-state index in [2.05, 4.69) is 16.3 Å². The fourth-order valence-corrected chi connectivity index (χ4v) is 3.25. The van der Waals surface area contributed by atoms with Gasteiger partial charge in [-0.3, -0.25) is 0 Å². The maximum atomic E-state index is 9.61. The van der Waals surface area contributed by atoms with Crippen molar-refractivity contribution in [1.82, 2.24) is 19.6 Å². The van der Waals surface area contributed by atoms with Gasteiger partial charge in [0.1, 0.15) is 11.6 Å². The van der Waals surface area contributed by atoms with Gasteiger partial charge < -0.3 is 10.5 Å². The zero-order chi connectivity index (χ0) is 17.6. The Balaban J connectivity index is 1.85. The number of hydrogen-bond acceptors (Lipinski definition) is 5. The molecule has 1 unspecified atom stereocenters. The van der Waals surface area contributed by atoms with E-state index < -0.39 is 0 Å². The molecule has 3 aromatic rings. The Morgan fingerprint density at radius 3 is 2.68 bits per heavy atom. The van der Waals surface area contributed by atoms with Crippen molar-refractivity contribution < 1.29 is 4.74 Å². The van der Waals surface area contributed by atoms with Gasteiger partial charge >= 0.3 is 0 Å². The fourth-order valence-electron chi connectivity index (χ4n) is 3.25. The summed E-state index contributed by atoms with van der Waals surface area (Å²) in [5.74, 6) is 0.406. The fraction of sp³-hybridized carbons (Fsp3) is 0.167. The smallest absolute Gasteiger partial charge is 0.224 e. The van der Waals surface area contributed by atoms with E-state index in [0.29, 0.717) is 11.5 Å². The van der Waals surface area contributed by atoms with Gasteiger partial charge in [-0.2, -0.15) is 15.5 Å². The predicted octanol–water partition coefficient (Wildman–Crippen LogP) is 2.13. The topological polar surface area (TPSA) is 94.7 Å². The molecule has 0 amide bonds. The number of ether oxygens (including phenoxy) is 1. The lowest BCUT2D eigenvalue weighted by atomic mass is 9.84. The number of nitrogens with zero attached hydrogens (tertiary/aromatic N) is 5. The highest BCUT2D eigenvalue weighted by atomic mass is 16.5. The summed E-state index contributed by atoms with van der Waals surface area (Å²) >= 11 is 0. The molecule has 7 nitrogen and oxygen atoms in total. The van der Waals surface area contributed by atoms with Crippen LogP contribution in [0.25, 0.3) is 5.69 Å². The zero-order valence-corrected chi connectivity index (χ0v) is 13.8. The molecule has 3 heterocycles. The van der Waals surface area contributed by atoms with Crippen LogP contribution in [-0.4, -0.2) is 19.6 Å². The number of fused-ring (bicyclic) bond motifs is 1. The summed E-state index contributed by atoms with van der Waals surface area (Å²) in [6, 6.07) is 12.0. The second kappa shape index (κ2) is 5.53. The molecule has 1 aromatic carbocycles. The third kappa shape index (κ3) is 2.27. The van der Waals surface area contributed by atoms with Crippen LogP contribution < -0.4 is 10.5 Å². The van der Waals surface area contributed by atoms with E-state index in [1.807, 2.05) is 43.5 Å². The molecule has 0 aliphatic carbocycles. The van der Waals surface area contributed by atoms with Crippen molar-refractivity contribution in [2.75, 3.05) is 0 Å². The lowest BCUT2D eigenvalue weighted by molar-refractivity contribution is 0.358. The number of aromatic nitrogens is 4. The molecule has 4 rings (SSSR count). The van der Waals surface area contributed by atoms with Crippen LogP contribution in [0.4, 0.5) is 0 Å². The average Bonchev–Trinajstić information content (AvgIpc) is 3.23. The van der Waals surface area contributed by atoms with E-state index in [0.717, 1.165) is 22.5 Å². The van der Waals surface area contributed by atoms with Gasteiger partial charge in [0.25, 0.3) is 0 Å². The van der Waals surface area contributed by atoms with Gasteiger partial charge in [0.05, 0.1) is 22.9 Å². The molecule has 1 aliphatic heterocycles. The van der Waals surface area contributed by atoms with Crippen molar-refractivity contribution in [3.8, 4) is 17.6 Å². The summed E-state index contributed by atoms with van der Waals surface area (Å²) in [7, 11) is 1.80. The Morgan fingerprint density at radius 1 is 1.28 bits per heavy atom. The van der Waals surface area contributed by atoms with Crippen LogP contribution >= 0.6 is 0 Å². The first-order valence-electron chi connectivity index (χ1n) is 7.81. The molecule has 0 radical (unpaired) electrons. The molecule has 1 atom stereocenters. The first kappa shape index (κ1) is 15.0. The van der Waals surface area contributed by atoms with Crippen LogP contribution in [0.2, 0.25) is 0 Å². The largest absolute Gasteiger partial charge is 0.422 e. The third-order valence-electron chi connectivity index (χ3n) is 4.38. The van der Waals surface area contributed by atoms with Crippen LogP contribution in [0.5, 0.6) is 5.88 Å². The van der Waals surface area contributed by atoms with Gasteiger partial charge in [-0.25, -0.2) is 9.36 Å². The SMILES string of the molecule is Cc1nn(C)c2c1C(c1ccc(-n3cccn3)cc1)C(C#N)=C(N)O2. The van der Waals surface area contributed by atoms with Crippen molar-refractivity contribution in [3.05, 3.63) is 71.0 Å². The Bertz CT molecular complexity index is 1010. The van der Waals surface area contributed by atoms with Crippen LogP contribution in [-0.2, 0) is 7.05 Å². The van der Waals surface area contributed by atoms with E-state index in [4.69, 9.17) is 10.5 Å². The van der Waals surface area contributed by atoms with E-state index in [-0.39, 0.29) is 11.8 Å². The minimum Gasteiger partial charge on any atom is -0.422 e. The highest BCUT2D eigenvalue weighted by molar-refractivity contribution is 5.56. The van der Waals surface area contributed by atoms with Crippen LogP contribution in [0.15, 0.2) is 54.2 Å². The molecule has 0 saturated heterocycles. The second-order valence-corrected chi connectivity index (χ2v) is 5.89. The highest BCUT2D eigenvalue weighted by Crippen LogP contribution is 2.43. The van der Waals surface area contributed by atoms with Gasteiger partial charge in [0, 0.05) is 19.4 Å². The first-order valence-corrected chi connectivity index (χ1v) is 7.81. The summed E-state index contributed by atoms with van der Waals surface area (Å²) in [6.45, 7) is 1.91. The number of allylic oxidation sites excluding steroid dienone is 1. The van der Waals surface area contributed by atoms with Crippen LogP contribution in [0.1, 0.15) is 22.7 Å². The molecule has 0 fully saturated rings. The average molecular weight is 332 g/mol. The lowest BCUT2D eigenvalue weighted by Gasteiger charge is -2.24. The van der Waals surface area contributed by atoms with Crippen LogP contribution in [0, 0.1) is 18.3 Å². The molecule has 0 bridgehead atoms. The third-order valence-corrected chi connectivity index (χ3v) is 4.38. The van der Waals surface area contributed by atoms with Gasteiger partial charge in [-0.1, -0.05) is 12.1 Å². The minimum absolute atomic E-state index is 0.124. The number of nitriles is 1. The maximum Gasteiger partial charge on any atom is 0.224 e. The van der Waals surface area contributed by atoms with Crippen molar-refractivity contribution in [2.45, 2.75) is 12.8 Å². The predicted molar refractivity (Wildman–Crippen MR) is 90.8 cm³/mol. The van der Waals surface area contributed by atoms with Crippen molar-refractivity contribution in [1.29, 1.82) is 5.26 Å². The van der Waals surface area contributed by atoms with E-state index in [9.17, 15) is 5.26 Å². The number of benzene rings is 1. The highest BCUT2D eigenvalue weighted by Gasteiger charge is 2.35. The van der Waals surface area contributed by atoms with Gasteiger partial charge in [-0.15, -0.1) is 0 Å². The molecular weight excluding hydrogens is 316 g/mol. The first-order chi connectivity index (χ1) is 12.1. The summed E-state index contributed by atoms with van der Waals surface area (Å²) in [6.07, 6.45) is 3.61. The summed E-state index contributed by atoms with van der Waals surface area (Å²) in [5, 5.41) is 18.3. The Hall–Kier alpha value is -3.53. The summed E-state index contributed by atoms with van der Waals surface area (Å²) in [5.41, 5.74) is 9.99. The molecule has 25 heavy (non-hydrogen) atoms. The van der Waals surface area contributed by atoms with E-state index in [1.54, 1.807) is 22.6 Å². The Kier molecular flexibility index (Phi) is 3.32. The van der Waals surface area contributed by atoms with Gasteiger partial charge in [0.2, 0.25) is 11.8 Å². The van der Waals surface area contributed by atoms with E-state index in [1.165, 1.54) is 0 Å². The quantitative estimate of drug-likeness (QED) is 0.776. The van der Waals surface area contributed by atoms with Gasteiger partial charge in [0.15, 0.2) is 0 Å². The lowest BCUT2D eigenvalue weighted by Crippen LogP contribution is -2.21. The molecule has 124 valence electrons. The van der Waals surface area contributed by atoms with Gasteiger partial charge in [-0.05, 0) is 30.7 Å². The second-order valence-electron chi connectivity index (χ2n) is 5.89. The molecule has 2 N–H and O–H groups in total. The van der Waals surface area contributed by atoms with Crippen molar-refractivity contribution in [3.63, 3.8) is 0 Å². The molecule has 0 spiro atoms. The summed E-state index contributed by atoms with van der Waals surface area (Å²) < 4.78 is 9.07. The zero-order valence-electron chi connectivity index (χ0n) is 13.8. The Labute approximate surface area is 144 Å². The van der Waals surface area contributed by atoms with Crippen LogP contribution in [0.3, 0.4) is 0 Å². The molecule has 7 heteroatoms. The minimum atomic E-state index is -0.297.